The van der Waals surface area contributed by atoms with Crippen molar-refractivity contribution in [2.75, 3.05) is 0 Å². The van der Waals surface area contributed by atoms with Crippen LogP contribution in [0.1, 0.15) is 5.56 Å². The van der Waals surface area contributed by atoms with Crippen molar-refractivity contribution in [3.8, 4) is 51.0 Å². The summed E-state index contributed by atoms with van der Waals surface area (Å²) < 4.78 is 14.9. The normalized spacial score (nSPS) is 11.5. The van der Waals surface area contributed by atoms with Crippen molar-refractivity contribution in [3.05, 3.63) is 206 Å². The van der Waals surface area contributed by atoms with Crippen LogP contribution < -0.4 is 15.9 Å². The topological polar surface area (TPSA) is 79.5 Å². The summed E-state index contributed by atoms with van der Waals surface area (Å²) in [6, 6.07) is 68.3. The maximum absolute atomic E-state index is 14.9. The molecular formula is C52H33N4OP. The van der Waals surface area contributed by atoms with E-state index in [1.807, 2.05) is 164 Å². The monoisotopic (exact) mass is 760 g/mol. The van der Waals surface area contributed by atoms with Gasteiger partial charge in [-0.2, -0.15) is 5.26 Å². The largest absolute Gasteiger partial charge is 0.309 e. The number of pyridine rings is 1. The van der Waals surface area contributed by atoms with Crippen LogP contribution in [0.5, 0.6) is 0 Å². The standard InChI is InChI=1S/C52H33N4OP/c53-34-40-33-46-52(56-51(38-17-7-2-8-18-38)50(55-46)37-15-5-1-6-16-37)48-44-23-13-14-24-45(44)54-49(47(40)48)39-27-25-35(26-28-39)36-29-31-43(32-30-36)58(57,41-19-9-3-10-20-41)42-21-11-4-12-22-42/h1-33H. The third kappa shape index (κ3) is 5.96. The molecule has 10 aromatic rings. The van der Waals surface area contributed by atoms with Gasteiger partial charge in [0.15, 0.2) is 7.14 Å². The molecule has 0 aliphatic carbocycles. The van der Waals surface area contributed by atoms with Crippen LogP contribution in [0.15, 0.2) is 200 Å². The Hall–Kier alpha value is -7.51. The summed E-state index contributed by atoms with van der Waals surface area (Å²) in [6.07, 6.45) is 0. The SMILES string of the molecule is N#Cc1cc2nc(-c3ccccc3)c(-c3ccccc3)nc2c2c1c(-c1ccc(-c3ccc(P(=O)(c4ccccc4)c4ccccc4)cc3)cc1)nc1ccccc12. The molecule has 0 spiro atoms. The molecule has 0 bridgehead atoms. The molecule has 0 radical (unpaired) electrons. The van der Waals surface area contributed by atoms with Gasteiger partial charge < -0.3 is 4.57 Å². The first-order chi connectivity index (χ1) is 28.6. The van der Waals surface area contributed by atoms with E-state index in [4.69, 9.17) is 15.0 Å². The molecule has 6 heteroatoms. The Bertz CT molecular complexity index is 3180. The molecule has 2 heterocycles. The van der Waals surface area contributed by atoms with Gasteiger partial charge in [-0.25, -0.2) is 15.0 Å². The Balaban J connectivity index is 1.12. The van der Waals surface area contributed by atoms with Crippen LogP contribution in [0.4, 0.5) is 0 Å². The summed E-state index contributed by atoms with van der Waals surface area (Å²) in [5, 5.41) is 15.6. The van der Waals surface area contributed by atoms with Crippen molar-refractivity contribution in [2.24, 2.45) is 0 Å². The van der Waals surface area contributed by atoms with Crippen LogP contribution in [0.25, 0.3) is 77.6 Å². The van der Waals surface area contributed by atoms with Gasteiger partial charge in [0, 0.05) is 48.8 Å². The number of hydrogen-bond donors (Lipinski definition) is 0. The molecule has 0 amide bonds. The molecule has 0 aliphatic heterocycles. The molecular weight excluding hydrogens is 728 g/mol. The van der Waals surface area contributed by atoms with Gasteiger partial charge in [-0.1, -0.05) is 188 Å². The predicted octanol–water partition coefficient (Wildman–Crippen LogP) is 11.5. The van der Waals surface area contributed by atoms with Crippen molar-refractivity contribution in [3.63, 3.8) is 0 Å². The minimum atomic E-state index is -3.09. The van der Waals surface area contributed by atoms with Gasteiger partial charge in [0.1, 0.15) is 0 Å². The summed E-state index contributed by atoms with van der Waals surface area (Å²) >= 11 is 0. The molecule has 0 atom stereocenters. The zero-order valence-electron chi connectivity index (χ0n) is 31.2. The van der Waals surface area contributed by atoms with Crippen molar-refractivity contribution in [1.82, 2.24) is 15.0 Å². The number of hydrogen-bond acceptors (Lipinski definition) is 5. The second kappa shape index (κ2) is 14.5. The van der Waals surface area contributed by atoms with Gasteiger partial charge in [-0.3, -0.25) is 0 Å². The lowest BCUT2D eigenvalue weighted by molar-refractivity contribution is 0.592. The molecule has 10 rings (SSSR count). The highest BCUT2D eigenvalue weighted by atomic mass is 31.2. The van der Waals surface area contributed by atoms with Crippen LogP contribution in [0.2, 0.25) is 0 Å². The summed E-state index contributed by atoms with van der Waals surface area (Å²) in [5.41, 5.74) is 9.67. The first-order valence-corrected chi connectivity index (χ1v) is 20.8. The Morgan fingerprint density at radius 3 is 1.40 bits per heavy atom. The molecule has 0 N–H and O–H groups in total. The van der Waals surface area contributed by atoms with Gasteiger partial charge in [0.25, 0.3) is 0 Å². The van der Waals surface area contributed by atoms with Crippen molar-refractivity contribution >= 4 is 55.8 Å². The zero-order valence-corrected chi connectivity index (χ0v) is 32.1. The van der Waals surface area contributed by atoms with Crippen LogP contribution in [0.3, 0.4) is 0 Å². The molecule has 0 saturated carbocycles. The molecule has 5 nitrogen and oxygen atoms in total. The number of rotatable bonds is 7. The lowest BCUT2D eigenvalue weighted by Crippen LogP contribution is -2.24. The van der Waals surface area contributed by atoms with E-state index in [1.165, 1.54) is 0 Å². The Morgan fingerprint density at radius 1 is 0.397 bits per heavy atom. The second-order valence-corrected chi connectivity index (χ2v) is 17.0. The lowest BCUT2D eigenvalue weighted by atomic mass is 9.93. The second-order valence-electron chi connectivity index (χ2n) is 14.2. The fourth-order valence-electron chi connectivity index (χ4n) is 7.96. The zero-order chi connectivity index (χ0) is 39.1. The highest BCUT2D eigenvalue weighted by Crippen LogP contribution is 2.43. The van der Waals surface area contributed by atoms with E-state index in [0.717, 1.165) is 76.8 Å². The summed E-state index contributed by atoms with van der Waals surface area (Å²) in [6.45, 7) is 0. The maximum atomic E-state index is 14.9. The molecule has 0 fully saturated rings. The van der Waals surface area contributed by atoms with Gasteiger partial charge in [-0.15, -0.1) is 0 Å². The molecule has 58 heavy (non-hydrogen) atoms. The minimum absolute atomic E-state index is 0.484. The minimum Gasteiger partial charge on any atom is -0.309 e. The van der Waals surface area contributed by atoms with Crippen molar-refractivity contribution in [2.45, 2.75) is 0 Å². The Labute approximate surface area is 336 Å². The summed E-state index contributed by atoms with van der Waals surface area (Å²) in [5.74, 6) is 0. The smallest absolute Gasteiger partial charge is 0.171 e. The van der Waals surface area contributed by atoms with Crippen LogP contribution in [-0.4, -0.2) is 15.0 Å². The van der Waals surface area contributed by atoms with E-state index in [-0.39, 0.29) is 0 Å². The highest BCUT2D eigenvalue weighted by Gasteiger charge is 2.29. The van der Waals surface area contributed by atoms with E-state index >= 15 is 0 Å². The number of nitrogens with zero attached hydrogens (tertiary/aromatic N) is 4. The molecule has 0 unspecified atom stereocenters. The van der Waals surface area contributed by atoms with Crippen LogP contribution in [0, 0.1) is 11.3 Å². The predicted molar refractivity (Wildman–Crippen MR) is 238 cm³/mol. The number of aromatic nitrogens is 3. The quantitative estimate of drug-likeness (QED) is 0.119. The van der Waals surface area contributed by atoms with Gasteiger partial charge in [0.05, 0.1) is 45.3 Å². The molecule has 8 aromatic carbocycles. The van der Waals surface area contributed by atoms with Crippen molar-refractivity contribution in [1.29, 1.82) is 5.26 Å². The first kappa shape index (κ1) is 34.9. The maximum Gasteiger partial charge on any atom is 0.171 e. The Morgan fingerprint density at radius 2 is 0.828 bits per heavy atom. The number of para-hydroxylation sites is 1. The average Bonchev–Trinajstić information content (AvgIpc) is 3.31. The van der Waals surface area contributed by atoms with E-state index in [1.54, 1.807) is 0 Å². The number of fused-ring (bicyclic) bond motifs is 5. The third-order valence-corrected chi connectivity index (χ3v) is 13.9. The van der Waals surface area contributed by atoms with Gasteiger partial charge in [0.2, 0.25) is 0 Å². The van der Waals surface area contributed by atoms with Crippen LogP contribution >= 0.6 is 7.14 Å². The highest BCUT2D eigenvalue weighted by molar-refractivity contribution is 7.85. The molecule has 2 aromatic heterocycles. The fourth-order valence-corrected chi connectivity index (χ4v) is 10.6. The number of nitriles is 1. The summed E-state index contributed by atoms with van der Waals surface area (Å²) in [4.78, 5) is 15.8. The lowest BCUT2D eigenvalue weighted by Gasteiger charge is -2.20. The number of benzene rings is 8. The van der Waals surface area contributed by atoms with E-state index in [9.17, 15) is 9.83 Å². The first-order valence-electron chi connectivity index (χ1n) is 19.1. The summed E-state index contributed by atoms with van der Waals surface area (Å²) in [7, 11) is -3.09. The van der Waals surface area contributed by atoms with E-state index < -0.39 is 7.14 Å². The Kier molecular flexibility index (Phi) is 8.75. The van der Waals surface area contributed by atoms with Crippen molar-refractivity contribution < 1.29 is 4.57 Å². The van der Waals surface area contributed by atoms with Gasteiger partial charge >= 0.3 is 0 Å². The molecule has 0 saturated heterocycles. The molecule has 272 valence electrons. The van der Waals surface area contributed by atoms with Gasteiger partial charge in [-0.05, 0) is 23.3 Å². The average molecular weight is 761 g/mol. The fraction of sp³-hybridized carbons (Fsp3) is 0. The molecule has 0 aliphatic rings. The van der Waals surface area contributed by atoms with Crippen LogP contribution in [-0.2, 0) is 4.57 Å². The third-order valence-electron chi connectivity index (χ3n) is 10.8. The van der Waals surface area contributed by atoms with E-state index in [0.29, 0.717) is 22.3 Å². The van der Waals surface area contributed by atoms with E-state index in [2.05, 4.69) is 42.5 Å².